The Balaban J connectivity index is 1.83. The van der Waals surface area contributed by atoms with Crippen molar-refractivity contribution in [2.75, 3.05) is 13.7 Å². The number of methoxy groups -OCH3 is 1. The number of carbonyl (C=O) groups is 2. The van der Waals surface area contributed by atoms with E-state index in [1.807, 2.05) is 0 Å². The predicted molar refractivity (Wildman–Crippen MR) is 96.4 cm³/mol. The molecular weight excluding hydrogens is 370 g/mol. The molecule has 1 heterocycles. The molecule has 8 heteroatoms. The zero-order valence-electron chi connectivity index (χ0n) is 14.6. The summed E-state index contributed by atoms with van der Waals surface area (Å²) in [7, 11) is -2.74. The summed E-state index contributed by atoms with van der Waals surface area (Å²) >= 11 is 0. The fraction of sp³-hybridized carbons (Fsp3) is 0.263. The standard InChI is InChI=1S/C19H19NO6S/c1-25-19(22)17-12-15(26-18(21)14-8-4-2-5-9-14)13-20(17)27(23,24)16-10-6-3-7-11-16/h2-11,15,17H,12-13H2,1H3/t15-,17+/m1/s1. The van der Waals surface area contributed by atoms with Gasteiger partial charge in [-0.2, -0.15) is 4.31 Å². The zero-order valence-corrected chi connectivity index (χ0v) is 15.5. The molecule has 2 aromatic carbocycles. The molecule has 0 unspecified atom stereocenters. The highest BCUT2D eigenvalue weighted by Gasteiger charge is 2.46. The van der Waals surface area contributed by atoms with Gasteiger partial charge in [0.1, 0.15) is 12.1 Å². The minimum atomic E-state index is -3.94. The molecule has 0 aliphatic carbocycles. The molecule has 0 bridgehead atoms. The van der Waals surface area contributed by atoms with E-state index in [2.05, 4.69) is 0 Å². The van der Waals surface area contributed by atoms with E-state index in [0.29, 0.717) is 5.56 Å². The Kier molecular flexibility index (Phi) is 5.57. The first-order valence-electron chi connectivity index (χ1n) is 8.34. The third kappa shape index (κ3) is 4.01. The third-order valence-corrected chi connectivity index (χ3v) is 6.21. The quantitative estimate of drug-likeness (QED) is 0.725. The van der Waals surface area contributed by atoms with E-state index < -0.39 is 34.1 Å². The summed E-state index contributed by atoms with van der Waals surface area (Å²) in [6.45, 7) is -0.116. The van der Waals surface area contributed by atoms with Crippen molar-refractivity contribution in [3.05, 3.63) is 66.2 Å². The molecule has 7 nitrogen and oxygen atoms in total. The maximum Gasteiger partial charge on any atom is 0.338 e. The van der Waals surface area contributed by atoms with Crippen LogP contribution < -0.4 is 0 Å². The van der Waals surface area contributed by atoms with Gasteiger partial charge in [0.05, 0.1) is 24.1 Å². The maximum absolute atomic E-state index is 12.9. The van der Waals surface area contributed by atoms with Crippen molar-refractivity contribution in [2.24, 2.45) is 0 Å². The van der Waals surface area contributed by atoms with E-state index in [0.717, 1.165) is 4.31 Å². The van der Waals surface area contributed by atoms with E-state index in [1.54, 1.807) is 48.5 Å². The molecule has 0 aromatic heterocycles. The Morgan fingerprint density at radius 3 is 2.19 bits per heavy atom. The molecule has 0 saturated carbocycles. The number of hydrogen-bond acceptors (Lipinski definition) is 6. The van der Waals surface area contributed by atoms with Crippen LogP contribution in [-0.2, 0) is 24.3 Å². The molecule has 1 aliphatic heterocycles. The molecule has 0 spiro atoms. The Bertz CT molecular complexity index is 914. The maximum atomic E-state index is 12.9. The summed E-state index contributed by atoms with van der Waals surface area (Å²) in [6, 6.07) is 15.1. The third-order valence-electron chi connectivity index (χ3n) is 4.32. The van der Waals surface area contributed by atoms with Gasteiger partial charge in [-0.15, -0.1) is 0 Å². The highest BCUT2D eigenvalue weighted by Crippen LogP contribution is 2.29. The van der Waals surface area contributed by atoms with Crippen LogP contribution in [0.4, 0.5) is 0 Å². The van der Waals surface area contributed by atoms with Gasteiger partial charge in [0.15, 0.2) is 0 Å². The Labute approximate surface area is 157 Å². The number of benzene rings is 2. The number of esters is 2. The van der Waals surface area contributed by atoms with Crippen molar-refractivity contribution < 1.29 is 27.5 Å². The van der Waals surface area contributed by atoms with Gasteiger partial charge in [-0.25, -0.2) is 13.2 Å². The molecule has 142 valence electrons. The lowest BCUT2D eigenvalue weighted by molar-refractivity contribution is -0.144. The van der Waals surface area contributed by atoms with E-state index in [9.17, 15) is 18.0 Å². The number of sulfonamides is 1. The van der Waals surface area contributed by atoms with Crippen molar-refractivity contribution in [1.82, 2.24) is 4.31 Å². The van der Waals surface area contributed by atoms with Gasteiger partial charge in [-0.05, 0) is 24.3 Å². The van der Waals surface area contributed by atoms with Crippen molar-refractivity contribution in [3.8, 4) is 0 Å². The second kappa shape index (κ2) is 7.89. The molecule has 1 aliphatic rings. The Hall–Kier alpha value is -2.71. The van der Waals surface area contributed by atoms with E-state index >= 15 is 0 Å². The van der Waals surface area contributed by atoms with E-state index in [-0.39, 0.29) is 17.9 Å². The van der Waals surface area contributed by atoms with Gasteiger partial charge in [0.25, 0.3) is 0 Å². The molecule has 1 saturated heterocycles. The van der Waals surface area contributed by atoms with Crippen LogP contribution in [0, 0.1) is 0 Å². The van der Waals surface area contributed by atoms with Crippen LogP contribution in [0.2, 0.25) is 0 Å². The second-order valence-corrected chi connectivity index (χ2v) is 7.95. The first-order valence-corrected chi connectivity index (χ1v) is 9.78. The highest BCUT2D eigenvalue weighted by atomic mass is 32.2. The molecule has 2 atom stereocenters. The summed E-state index contributed by atoms with van der Waals surface area (Å²) in [5.41, 5.74) is 0.358. The number of nitrogens with zero attached hydrogens (tertiary/aromatic N) is 1. The zero-order chi connectivity index (χ0) is 19.4. The lowest BCUT2D eigenvalue weighted by atomic mass is 10.2. The molecule has 0 radical (unpaired) electrons. The number of carbonyl (C=O) groups excluding carboxylic acids is 2. The lowest BCUT2D eigenvalue weighted by Gasteiger charge is -2.21. The monoisotopic (exact) mass is 389 g/mol. The van der Waals surface area contributed by atoms with Crippen molar-refractivity contribution in [2.45, 2.75) is 23.5 Å². The normalized spacial score (nSPS) is 20.2. The van der Waals surface area contributed by atoms with Crippen LogP contribution in [-0.4, -0.2) is 50.5 Å². The van der Waals surface area contributed by atoms with Crippen LogP contribution in [0.25, 0.3) is 0 Å². The lowest BCUT2D eigenvalue weighted by Crippen LogP contribution is -2.41. The topological polar surface area (TPSA) is 90.0 Å². The molecule has 0 N–H and O–H groups in total. The number of hydrogen-bond donors (Lipinski definition) is 0. The fourth-order valence-corrected chi connectivity index (χ4v) is 4.63. The van der Waals surface area contributed by atoms with Crippen LogP contribution in [0.3, 0.4) is 0 Å². The summed E-state index contributed by atoms with van der Waals surface area (Å²) in [6.07, 6.45) is -0.711. The summed E-state index contributed by atoms with van der Waals surface area (Å²) in [4.78, 5) is 24.5. The average Bonchev–Trinajstić information content (AvgIpc) is 3.13. The fourth-order valence-electron chi connectivity index (χ4n) is 2.99. The van der Waals surface area contributed by atoms with E-state index in [1.165, 1.54) is 19.2 Å². The largest absolute Gasteiger partial charge is 0.468 e. The minimum absolute atomic E-state index is 0.0390. The smallest absolute Gasteiger partial charge is 0.338 e. The van der Waals surface area contributed by atoms with Crippen molar-refractivity contribution >= 4 is 22.0 Å². The second-order valence-electron chi connectivity index (χ2n) is 6.06. The van der Waals surface area contributed by atoms with Crippen LogP contribution >= 0.6 is 0 Å². The summed E-state index contributed by atoms with van der Waals surface area (Å²) in [5.74, 6) is -1.25. The van der Waals surface area contributed by atoms with Gasteiger partial charge >= 0.3 is 11.9 Å². The van der Waals surface area contributed by atoms with Gasteiger partial charge in [-0.1, -0.05) is 36.4 Å². The van der Waals surface area contributed by atoms with Crippen LogP contribution in [0.1, 0.15) is 16.8 Å². The number of ether oxygens (including phenoxy) is 2. The minimum Gasteiger partial charge on any atom is -0.468 e. The van der Waals surface area contributed by atoms with Gasteiger partial charge in [-0.3, -0.25) is 4.79 Å². The first kappa shape index (κ1) is 19.1. The van der Waals surface area contributed by atoms with Gasteiger partial charge < -0.3 is 9.47 Å². The summed E-state index contributed by atoms with van der Waals surface area (Å²) in [5, 5.41) is 0. The Morgan fingerprint density at radius 1 is 1.00 bits per heavy atom. The van der Waals surface area contributed by atoms with Gasteiger partial charge in [0.2, 0.25) is 10.0 Å². The first-order chi connectivity index (χ1) is 12.9. The SMILES string of the molecule is COC(=O)[C@@H]1C[C@@H](OC(=O)c2ccccc2)CN1S(=O)(=O)c1ccccc1. The molecule has 27 heavy (non-hydrogen) atoms. The predicted octanol–water partition coefficient (Wildman–Crippen LogP) is 1.85. The van der Waals surface area contributed by atoms with Crippen molar-refractivity contribution in [3.63, 3.8) is 0 Å². The molecule has 2 aromatic rings. The summed E-state index contributed by atoms with van der Waals surface area (Å²) < 4.78 is 37.1. The molecule has 1 fully saturated rings. The average molecular weight is 389 g/mol. The molecule has 3 rings (SSSR count). The van der Waals surface area contributed by atoms with Crippen molar-refractivity contribution in [1.29, 1.82) is 0 Å². The van der Waals surface area contributed by atoms with E-state index in [4.69, 9.17) is 9.47 Å². The molecule has 0 amide bonds. The Morgan fingerprint density at radius 2 is 1.59 bits per heavy atom. The van der Waals surface area contributed by atoms with Crippen LogP contribution in [0.15, 0.2) is 65.6 Å². The van der Waals surface area contributed by atoms with Crippen LogP contribution in [0.5, 0.6) is 0 Å². The highest BCUT2D eigenvalue weighted by molar-refractivity contribution is 7.89. The molecular formula is C19H19NO6S. The van der Waals surface area contributed by atoms with Gasteiger partial charge in [0, 0.05) is 6.42 Å². The number of rotatable bonds is 5.